The van der Waals surface area contributed by atoms with Crippen LogP contribution >= 0.6 is 0 Å². The highest BCUT2D eigenvalue weighted by Gasteiger charge is 2.34. The molecule has 0 aromatic rings. The van der Waals surface area contributed by atoms with Gasteiger partial charge < -0.3 is 19.9 Å². The largest absolute Gasteiger partial charge is 0.480 e. The number of rotatable bonds is 7. The van der Waals surface area contributed by atoms with E-state index < -0.39 is 18.0 Å². The molecule has 2 unspecified atom stereocenters. The molecule has 1 aliphatic heterocycles. The van der Waals surface area contributed by atoms with Crippen molar-refractivity contribution in [2.75, 3.05) is 13.7 Å². The SMILES string of the molecule is CCC1OCCC1C(=O)N[C@@H](CCC(=O)OC)C(=O)O. The highest BCUT2D eigenvalue weighted by molar-refractivity contribution is 5.85. The third kappa shape index (κ3) is 4.48. The van der Waals surface area contributed by atoms with Gasteiger partial charge in [-0.15, -0.1) is 0 Å². The average Bonchev–Trinajstić information content (AvgIpc) is 2.90. The Morgan fingerprint density at radius 1 is 1.45 bits per heavy atom. The Labute approximate surface area is 117 Å². The first kappa shape index (κ1) is 16.4. The standard InChI is InChI=1S/C13H21NO6/c1-3-10-8(6-7-20-10)12(16)14-9(13(17)18)4-5-11(15)19-2/h8-10H,3-7H2,1-2H3,(H,14,16)(H,17,18)/t8?,9-,10?/m0/s1. The Balaban J connectivity index is 2.54. The van der Waals surface area contributed by atoms with Crippen LogP contribution in [-0.2, 0) is 23.9 Å². The molecular formula is C13H21NO6. The zero-order valence-electron chi connectivity index (χ0n) is 11.8. The van der Waals surface area contributed by atoms with E-state index in [1.165, 1.54) is 7.11 Å². The van der Waals surface area contributed by atoms with E-state index in [-0.39, 0.29) is 30.8 Å². The quantitative estimate of drug-likeness (QED) is 0.654. The van der Waals surface area contributed by atoms with Gasteiger partial charge in [-0.2, -0.15) is 0 Å². The number of amides is 1. The van der Waals surface area contributed by atoms with Gasteiger partial charge in [0.05, 0.1) is 19.1 Å². The van der Waals surface area contributed by atoms with E-state index >= 15 is 0 Å². The molecule has 0 saturated carbocycles. The predicted octanol–water partition coefficient (Wildman–Crippen LogP) is 0.324. The monoisotopic (exact) mass is 287 g/mol. The van der Waals surface area contributed by atoms with Gasteiger partial charge in [0.25, 0.3) is 0 Å². The summed E-state index contributed by atoms with van der Waals surface area (Å²) in [4.78, 5) is 34.2. The number of nitrogens with one attached hydrogen (secondary N) is 1. The maximum Gasteiger partial charge on any atom is 0.326 e. The van der Waals surface area contributed by atoms with E-state index in [1.54, 1.807) is 0 Å². The topological polar surface area (TPSA) is 102 Å². The average molecular weight is 287 g/mol. The van der Waals surface area contributed by atoms with Gasteiger partial charge in [-0.05, 0) is 19.3 Å². The minimum Gasteiger partial charge on any atom is -0.480 e. The van der Waals surface area contributed by atoms with Gasteiger partial charge in [-0.25, -0.2) is 4.79 Å². The van der Waals surface area contributed by atoms with E-state index in [9.17, 15) is 14.4 Å². The van der Waals surface area contributed by atoms with E-state index in [0.29, 0.717) is 19.4 Å². The smallest absolute Gasteiger partial charge is 0.326 e. The van der Waals surface area contributed by atoms with Crippen molar-refractivity contribution in [3.8, 4) is 0 Å². The van der Waals surface area contributed by atoms with Gasteiger partial charge >= 0.3 is 11.9 Å². The summed E-state index contributed by atoms with van der Waals surface area (Å²) >= 11 is 0. The minimum absolute atomic E-state index is 0.0120. The molecule has 7 heteroatoms. The summed E-state index contributed by atoms with van der Waals surface area (Å²) in [7, 11) is 1.23. The lowest BCUT2D eigenvalue weighted by Gasteiger charge is -2.20. The number of carbonyl (C=O) groups excluding carboxylic acids is 2. The van der Waals surface area contributed by atoms with Crippen LogP contribution in [0.3, 0.4) is 0 Å². The van der Waals surface area contributed by atoms with Crippen molar-refractivity contribution >= 4 is 17.8 Å². The van der Waals surface area contributed by atoms with Crippen LogP contribution in [0.1, 0.15) is 32.6 Å². The lowest BCUT2D eigenvalue weighted by atomic mass is 9.98. The van der Waals surface area contributed by atoms with E-state index in [2.05, 4.69) is 10.1 Å². The molecule has 1 fully saturated rings. The summed E-state index contributed by atoms with van der Waals surface area (Å²) < 4.78 is 9.87. The summed E-state index contributed by atoms with van der Waals surface area (Å²) in [6.07, 6.45) is 1.10. The van der Waals surface area contributed by atoms with Crippen LogP contribution in [0.2, 0.25) is 0 Å². The second-order valence-electron chi connectivity index (χ2n) is 4.73. The number of carboxylic acids is 1. The molecule has 1 rings (SSSR count). The maximum atomic E-state index is 12.1. The van der Waals surface area contributed by atoms with Crippen molar-refractivity contribution in [2.24, 2.45) is 5.92 Å². The number of hydrogen-bond donors (Lipinski definition) is 2. The summed E-state index contributed by atoms with van der Waals surface area (Å²) in [5.74, 6) is -2.30. The van der Waals surface area contributed by atoms with Crippen LogP contribution in [0.25, 0.3) is 0 Å². The number of carbonyl (C=O) groups is 3. The predicted molar refractivity (Wildman–Crippen MR) is 69.0 cm³/mol. The molecule has 1 heterocycles. The van der Waals surface area contributed by atoms with Crippen LogP contribution < -0.4 is 5.32 Å². The normalized spacial score (nSPS) is 23.1. The van der Waals surface area contributed by atoms with Gasteiger partial charge in [-0.3, -0.25) is 9.59 Å². The fourth-order valence-corrected chi connectivity index (χ4v) is 2.25. The number of hydrogen-bond acceptors (Lipinski definition) is 5. The van der Waals surface area contributed by atoms with Crippen molar-refractivity contribution in [3.05, 3.63) is 0 Å². The molecule has 2 N–H and O–H groups in total. The second-order valence-corrected chi connectivity index (χ2v) is 4.73. The van der Waals surface area contributed by atoms with E-state index in [4.69, 9.17) is 9.84 Å². The van der Waals surface area contributed by atoms with E-state index in [1.807, 2.05) is 6.92 Å². The van der Waals surface area contributed by atoms with Crippen LogP contribution in [0, 0.1) is 5.92 Å². The molecule has 1 amide bonds. The van der Waals surface area contributed by atoms with Crippen LogP contribution in [0.5, 0.6) is 0 Å². The van der Waals surface area contributed by atoms with Crippen molar-refractivity contribution in [1.82, 2.24) is 5.32 Å². The van der Waals surface area contributed by atoms with Crippen LogP contribution in [0.15, 0.2) is 0 Å². The van der Waals surface area contributed by atoms with Crippen molar-refractivity contribution in [3.63, 3.8) is 0 Å². The molecule has 114 valence electrons. The van der Waals surface area contributed by atoms with Gasteiger partial charge in [0.15, 0.2) is 0 Å². The molecule has 20 heavy (non-hydrogen) atoms. The molecule has 0 aliphatic carbocycles. The molecule has 0 spiro atoms. The Kier molecular flexibility index (Phi) is 6.44. The highest BCUT2D eigenvalue weighted by atomic mass is 16.5. The number of ether oxygens (including phenoxy) is 2. The minimum atomic E-state index is -1.16. The van der Waals surface area contributed by atoms with Crippen LogP contribution in [-0.4, -0.2) is 48.8 Å². The molecule has 0 aromatic heterocycles. The highest BCUT2D eigenvalue weighted by Crippen LogP contribution is 2.23. The molecule has 1 saturated heterocycles. The van der Waals surface area contributed by atoms with Crippen LogP contribution in [0.4, 0.5) is 0 Å². The molecule has 7 nitrogen and oxygen atoms in total. The molecule has 0 aromatic carbocycles. The van der Waals surface area contributed by atoms with Gasteiger partial charge in [0.1, 0.15) is 6.04 Å². The van der Waals surface area contributed by atoms with E-state index in [0.717, 1.165) is 0 Å². The summed E-state index contributed by atoms with van der Waals surface area (Å²) in [5, 5.41) is 11.6. The number of aliphatic carboxylic acids is 1. The Bertz CT molecular complexity index is 370. The molecule has 1 aliphatic rings. The fraction of sp³-hybridized carbons (Fsp3) is 0.769. The van der Waals surface area contributed by atoms with Gasteiger partial charge in [-0.1, -0.05) is 6.92 Å². The first-order chi connectivity index (χ1) is 9.49. The summed E-state index contributed by atoms with van der Waals surface area (Å²) in [6.45, 7) is 2.43. The summed E-state index contributed by atoms with van der Waals surface area (Å²) in [5.41, 5.74) is 0. The zero-order valence-corrected chi connectivity index (χ0v) is 11.8. The second kappa shape index (κ2) is 7.84. The molecule has 0 radical (unpaired) electrons. The first-order valence-electron chi connectivity index (χ1n) is 6.71. The third-order valence-corrected chi connectivity index (χ3v) is 3.43. The summed E-state index contributed by atoms with van der Waals surface area (Å²) in [6, 6.07) is -1.08. The first-order valence-corrected chi connectivity index (χ1v) is 6.71. The zero-order chi connectivity index (χ0) is 15.1. The molecule has 0 bridgehead atoms. The van der Waals surface area contributed by atoms with Gasteiger partial charge in [0, 0.05) is 13.0 Å². The Morgan fingerprint density at radius 2 is 2.15 bits per heavy atom. The maximum absolute atomic E-state index is 12.1. The lowest BCUT2D eigenvalue weighted by molar-refractivity contribution is -0.144. The molecular weight excluding hydrogens is 266 g/mol. The fourth-order valence-electron chi connectivity index (χ4n) is 2.25. The number of methoxy groups -OCH3 is 1. The Morgan fingerprint density at radius 3 is 2.70 bits per heavy atom. The van der Waals surface area contributed by atoms with Crippen molar-refractivity contribution < 1.29 is 29.0 Å². The molecule has 3 atom stereocenters. The van der Waals surface area contributed by atoms with Gasteiger partial charge in [0.2, 0.25) is 5.91 Å². The number of esters is 1. The van der Waals surface area contributed by atoms with Crippen molar-refractivity contribution in [1.29, 1.82) is 0 Å². The lowest BCUT2D eigenvalue weighted by Crippen LogP contribution is -2.45. The third-order valence-electron chi connectivity index (χ3n) is 3.43. The number of carboxylic acid groups (broad SMARTS) is 1. The van der Waals surface area contributed by atoms with Crippen molar-refractivity contribution in [2.45, 2.75) is 44.8 Å². The Hall–Kier alpha value is -1.63.